The first-order valence-corrected chi connectivity index (χ1v) is 14.7. The van der Waals surface area contributed by atoms with Gasteiger partial charge >= 0.3 is 5.97 Å². The maximum absolute atomic E-state index is 14.3. The standard InChI is InChI=1S/C31H42FN3O4/c1-35(29(31(36)37)27-18-22(32)12-14-26(27)28-10-4-6-17-39-28)24-19-25(20-24)38-16-5-2-3-9-23-13-11-21-8-7-15-33-30(21)34-23/h11-14,18,24-25,28-29H,2-10,15-17,19-20H2,1H3,(H,33,34)(H,36,37)/t24?,25?,28-,29?/m0/s1. The van der Waals surface area contributed by atoms with Gasteiger partial charge in [-0.3, -0.25) is 9.69 Å². The highest BCUT2D eigenvalue weighted by Gasteiger charge is 2.40. The number of anilines is 1. The van der Waals surface area contributed by atoms with Crippen molar-refractivity contribution in [2.75, 3.05) is 32.1 Å². The number of nitrogens with zero attached hydrogens (tertiary/aromatic N) is 2. The molecule has 8 heteroatoms. The molecule has 0 amide bonds. The number of halogens is 1. The van der Waals surface area contributed by atoms with Crippen molar-refractivity contribution in [2.45, 2.75) is 94.9 Å². The third-order valence-corrected chi connectivity index (χ3v) is 8.54. The van der Waals surface area contributed by atoms with Crippen LogP contribution in [0.5, 0.6) is 0 Å². The summed E-state index contributed by atoms with van der Waals surface area (Å²) >= 11 is 0. The SMILES string of the molecule is CN(C1CC(OCCCCCc2ccc3c(n2)NCCC3)C1)C(C(=O)O)c1cc(F)ccc1[C@@H]1CCCCO1. The Morgan fingerprint density at radius 1 is 1.21 bits per heavy atom. The lowest BCUT2D eigenvalue weighted by molar-refractivity contribution is -0.146. The lowest BCUT2D eigenvalue weighted by Crippen LogP contribution is -2.49. The fourth-order valence-corrected chi connectivity index (χ4v) is 6.15. The Bertz CT molecular complexity index is 1120. The Morgan fingerprint density at radius 3 is 2.87 bits per heavy atom. The third kappa shape index (κ3) is 6.97. The van der Waals surface area contributed by atoms with E-state index in [0.717, 1.165) is 94.4 Å². The smallest absolute Gasteiger partial charge is 0.325 e. The molecular weight excluding hydrogens is 497 g/mol. The van der Waals surface area contributed by atoms with E-state index < -0.39 is 17.8 Å². The molecule has 0 radical (unpaired) electrons. The predicted octanol–water partition coefficient (Wildman–Crippen LogP) is 5.84. The Hall–Kier alpha value is -2.55. The Labute approximate surface area is 231 Å². The summed E-state index contributed by atoms with van der Waals surface area (Å²) in [5.74, 6) is -0.320. The summed E-state index contributed by atoms with van der Waals surface area (Å²) in [6, 6.07) is 8.03. The summed E-state index contributed by atoms with van der Waals surface area (Å²) in [4.78, 5) is 19.1. The maximum atomic E-state index is 14.3. The highest BCUT2D eigenvalue weighted by molar-refractivity contribution is 5.76. The number of aryl methyl sites for hydroxylation is 2. The predicted molar refractivity (Wildman–Crippen MR) is 148 cm³/mol. The molecule has 1 aliphatic carbocycles. The number of rotatable bonds is 12. The fourth-order valence-electron chi connectivity index (χ4n) is 6.15. The molecule has 3 heterocycles. The third-order valence-electron chi connectivity index (χ3n) is 8.54. The summed E-state index contributed by atoms with van der Waals surface area (Å²) in [7, 11) is 1.83. The van der Waals surface area contributed by atoms with E-state index >= 15 is 0 Å². The van der Waals surface area contributed by atoms with Gasteiger partial charge in [0.05, 0.1) is 12.2 Å². The van der Waals surface area contributed by atoms with Crippen LogP contribution < -0.4 is 5.32 Å². The number of likely N-dealkylation sites (N-methyl/N-ethyl adjacent to an activating group) is 1. The van der Waals surface area contributed by atoms with Crippen molar-refractivity contribution in [3.63, 3.8) is 0 Å². The van der Waals surface area contributed by atoms with Crippen molar-refractivity contribution in [1.29, 1.82) is 0 Å². The number of aliphatic carboxylic acids is 1. The number of nitrogens with one attached hydrogen (secondary N) is 1. The molecule has 0 spiro atoms. The van der Waals surface area contributed by atoms with Crippen molar-refractivity contribution in [2.24, 2.45) is 0 Å². The number of carboxylic acids is 1. The van der Waals surface area contributed by atoms with E-state index in [-0.39, 0.29) is 18.2 Å². The van der Waals surface area contributed by atoms with Gasteiger partial charge in [0.1, 0.15) is 17.7 Å². The summed E-state index contributed by atoms with van der Waals surface area (Å²) in [6.07, 6.45) is 10.9. The van der Waals surface area contributed by atoms with Crippen molar-refractivity contribution < 1.29 is 23.8 Å². The summed E-state index contributed by atoms with van der Waals surface area (Å²) < 4.78 is 26.3. The molecule has 1 aromatic heterocycles. The van der Waals surface area contributed by atoms with Crippen LogP contribution in [0, 0.1) is 5.82 Å². The summed E-state index contributed by atoms with van der Waals surface area (Å²) in [5.41, 5.74) is 3.78. The first-order chi connectivity index (χ1) is 19.0. The molecular formula is C31H42FN3O4. The van der Waals surface area contributed by atoms with Crippen LogP contribution in [0.2, 0.25) is 0 Å². The van der Waals surface area contributed by atoms with Gasteiger partial charge in [-0.25, -0.2) is 9.37 Å². The van der Waals surface area contributed by atoms with Gasteiger partial charge in [0.25, 0.3) is 0 Å². The molecule has 1 saturated heterocycles. The highest BCUT2D eigenvalue weighted by atomic mass is 19.1. The van der Waals surface area contributed by atoms with E-state index in [0.29, 0.717) is 12.2 Å². The Balaban J connectivity index is 1.06. The zero-order chi connectivity index (χ0) is 27.2. The second kappa shape index (κ2) is 13.2. The number of carbonyl (C=O) groups is 1. The lowest BCUT2D eigenvalue weighted by atomic mass is 9.85. The second-order valence-corrected chi connectivity index (χ2v) is 11.3. The van der Waals surface area contributed by atoms with Gasteiger partial charge < -0.3 is 19.9 Å². The molecule has 2 atom stereocenters. The average Bonchev–Trinajstić information content (AvgIpc) is 2.92. The molecule has 212 valence electrons. The molecule has 2 aromatic rings. The van der Waals surface area contributed by atoms with Crippen molar-refractivity contribution in [1.82, 2.24) is 9.88 Å². The van der Waals surface area contributed by atoms with Crippen LogP contribution in [0.3, 0.4) is 0 Å². The summed E-state index contributed by atoms with van der Waals surface area (Å²) in [5, 5.41) is 13.6. The van der Waals surface area contributed by atoms with Crippen LogP contribution in [0.4, 0.5) is 10.2 Å². The molecule has 2 aliphatic heterocycles. The molecule has 1 unspecified atom stereocenters. The number of aromatic nitrogens is 1. The summed E-state index contributed by atoms with van der Waals surface area (Å²) in [6.45, 7) is 2.38. The number of hydrogen-bond acceptors (Lipinski definition) is 6. The number of benzene rings is 1. The zero-order valence-electron chi connectivity index (χ0n) is 23.0. The Kier molecular flexibility index (Phi) is 9.48. The van der Waals surface area contributed by atoms with Crippen LogP contribution >= 0.6 is 0 Å². The minimum absolute atomic E-state index is 0.0863. The normalized spacial score (nSPS) is 23.5. The van der Waals surface area contributed by atoms with Gasteiger partial charge in [-0.1, -0.05) is 18.6 Å². The van der Waals surface area contributed by atoms with Gasteiger partial charge in [0.15, 0.2) is 0 Å². The van der Waals surface area contributed by atoms with Crippen LogP contribution in [-0.4, -0.2) is 59.9 Å². The Morgan fingerprint density at radius 2 is 2.08 bits per heavy atom. The number of hydrogen-bond donors (Lipinski definition) is 2. The van der Waals surface area contributed by atoms with Gasteiger partial charge in [-0.2, -0.15) is 0 Å². The largest absolute Gasteiger partial charge is 0.480 e. The van der Waals surface area contributed by atoms with Gasteiger partial charge in [-0.15, -0.1) is 0 Å². The number of ether oxygens (including phenoxy) is 2. The lowest BCUT2D eigenvalue weighted by Gasteiger charge is -2.43. The quantitative estimate of drug-likeness (QED) is 0.328. The van der Waals surface area contributed by atoms with Crippen LogP contribution in [0.15, 0.2) is 30.3 Å². The van der Waals surface area contributed by atoms with Crippen molar-refractivity contribution in [3.8, 4) is 0 Å². The average molecular weight is 540 g/mol. The van der Waals surface area contributed by atoms with E-state index in [9.17, 15) is 14.3 Å². The molecule has 7 nitrogen and oxygen atoms in total. The second-order valence-electron chi connectivity index (χ2n) is 11.3. The number of pyridine rings is 1. The molecule has 3 aliphatic rings. The number of carboxylic acid groups (broad SMARTS) is 1. The molecule has 0 bridgehead atoms. The van der Waals surface area contributed by atoms with Crippen LogP contribution in [0.25, 0.3) is 0 Å². The topological polar surface area (TPSA) is 83.9 Å². The van der Waals surface area contributed by atoms with E-state index in [1.54, 1.807) is 6.07 Å². The molecule has 1 saturated carbocycles. The monoisotopic (exact) mass is 539 g/mol. The first kappa shape index (κ1) is 28.0. The molecule has 1 aromatic carbocycles. The minimum Gasteiger partial charge on any atom is -0.480 e. The van der Waals surface area contributed by atoms with Crippen molar-refractivity contribution in [3.05, 3.63) is 58.5 Å². The molecule has 39 heavy (non-hydrogen) atoms. The van der Waals surface area contributed by atoms with E-state index in [1.807, 2.05) is 11.9 Å². The van der Waals surface area contributed by atoms with Crippen LogP contribution in [-0.2, 0) is 27.1 Å². The first-order valence-electron chi connectivity index (χ1n) is 14.7. The van der Waals surface area contributed by atoms with E-state index in [2.05, 4.69) is 17.4 Å². The molecule has 5 rings (SSSR count). The van der Waals surface area contributed by atoms with E-state index in [4.69, 9.17) is 14.5 Å². The van der Waals surface area contributed by atoms with E-state index in [1.165, 1.54) is 24.1 Å². The number of fused-ring (bicyclic) bond motifs is 1. The van der Waals surface area contributed by atoms with Gasteiger partial charge in [0.2, 0.25) is 0 Å². The van der Waals surface area contributed by atoms with Gasteiger partial charge in [0, 0.05) is 31.5 Å². The molecule has 2 fully saturated rings. The highest BCUT2D eigenvalue weighted by Crippen LogP contribution is 2.38. The van der Waals surface area contributed by atoms with Crippen molar-refractivity contribution >= 4 is 11.8 Å². The number of unbranched alkanes of at least 4 members (excludes halogenated alkanes) is 2. The zero-order valence-corrected chi connectivity index (χ0v) is 23.0. The maximum Gasteiger partial charge on any atom is 0.325 e. The fraction of sp³-hybridized carbons (Fsp3) is 0.613. The van der Waals surface area contributed by atoms with Crippen LogP contribution in [0.1, 0.15) is 92.3 Å². The minimum atomic E-state index is -0.964. The van der Waals surface area contributed by atoms with Gasteiger partial charge in [-0.05, 0) is 106 Å². The molecule has 2 N–H and O–H groups in total.